The predicted molar refractivity (Wildman–Crippen MR) is 79.6 cm³/mol. The topological polar surface area (TPSA) is 58.8 Å². The van der Waals surface area contributed by atoms with E-state index in [9.17, 15) is 4.79 Å². The number of nitrogens with two attached hydrogens (primary N) is 1. The van der Waals surface area contributed by atoms with Gasteiger partial charge in [-0.05, 0) is 53.0 Å². The molecule has 2 fully saturated rings. The SMILES string of the molecule is CC(C)(C)OC(=O)N1CCC(N2CCCC2CN)CC1. The van der Waals surface area contributed by atoms with Gasteiger partial charge in [-0.3, -0.25) is 4.90 Å². The summed E-state index contributed by atoms with van der Waals surface area (Å²) in [7, 11) is 0. The van der Waals surface area contributed by atoms with Crippen molar-refractivity contribution in [3.8, 4) is 0 Å². The molecule has 0 aromatic rings. The van der Waals surface area contributed by atoms with Crippen LogP contribution in [0, 0.1) is 0 Å². The maximum absolute atomic E-state index is 12.0. The highest BCUT2D eigenvalue weighted by molar-refractivity contribution is 5.68. The summed E-state index contributed by atoms with van der Waals surface area (Å²) in [4.78, 5) is 16.4. The van der Waals surface area contributed by atoms with Crippen LogP contribution >= 0.6 is 0 Å². The van der Waals surface area contributed by atoms with Gasteiger partial charge in [-0.15, -0.1) is 0 Å². The van der Waals surface area contributed by atoms with Gasteiger partial charge in [0.2, 0.25) is 0 Å². The minimum absolute atomic E-state index is 0.173. The number of likely N-dealkylation sites (tertiary alicyclic amines) is 2. The van der Waals surface area contributed by atoms with Gasteiger partial charge in [-0.25, -0.2) is 4.79 Å². The summed E-state index contributed by atoms with van der Waals surface area (Å²) in [6.45, 7) is 9.25. The molecule has 0 spiro atoms. The number of hydrogen-bond donors (Lipinski definition) is 1. The van der Waals surface area contributed by atoms with Gasteiger partial charge in [0, 0.05) is 31.7 Å². The van der Waals surface area contributed by atoms with E-state index in [1.165, 1.54) is 19.4 Å². The van der Waals surface area contributed by atoms with Crippen molar-refractivity contribution in [3.05, 3.63) is 0 Å². The maximum Gasteiger partial charge on any atom is 0.410 e. The minimum atomic E-state index is -0.409. The molecule has 1 atom stereocenters. The van der Waals surface area contributed by atoms with E-state index in [0.717, 1.165) is 32.5 Å². The highest BCUT2D eigenvalue weighted by Gasteiger charge is 2.34. The second-order valence-corrected chi connectivity index (χ2v) is 6.97. The Morgan fingerprint density at radius 2 is 1.85 bits per heavy atom. The molecule has 1 unspecified atom stereocenters. The third-order valence-corrected chi connectivity index (χ3v) is 4.28. The van der Waals surface area contributed by atoms with E-state index in [2.05, 4.69) is 4.90 Å². The van der Waals surface area contributed by atoms with Crippen LogP contribution in [0.2, 0.25) is 0 Å². The summed E-state index contributed by atoms with van der Waals surface area (Å²) in [5.74, 6) is 0. The molecule has 0 radical (unpaired) electrons. The second kappa shape index (κ2) is 6.31. The number of rotatable bonds is 2. The average molecular weight is 283 g/mol. The van der Waals surface area contributed by atoms with Gasteiger partial charge in [0.1, 0.15) is 5.60 Å². The van der Waals surface area contributed by atoms with Gasteiger partial charge in [-0.2, -0.15) is 0 Å². The lowest BCUT2D eigenvalue weighted by Crippen LogP contribution is -2.50. The van der Waals surface area contributed by atoms with Gasteiger partial charge in [0.05, 0.1) is 0 Å². The summed E-state index contributed by atoms with van der Waals surface area (Å²) in [6.07, 6.45) is 4.38. The molecule has 0 aromatic heterocycles. The number of nitrogens with zero attached hydrogens (tertiary/aromatic N) is 2. The lowest BCUT2D eigenvalue weighted by Gasteiger charge is -2.39. The summed E-state index contributed by atoms with van der Waals surface area (Å²) < 4.78 is 5.43. The third-order valence-electron chi connectivity index (χ3n) is 4.28. The third kappa shape index (κ3) is 3.85. The molecule has 2 heterocycles. The largest absolute Gasteiger partial charge is 0.444 e. The van der Waals surface area contributed by atoms with Crippen LogP contribution in [0.25, 0.3) is 0 Å². The molecule has 5 heteroatoms. The summed E-state index contributed by atoms with van der Waals surface area (Å²) in [6, 6.07) is 1.14. The molecule has 2 saturated heterocycles. The first-order chi connectivity index (χ1) is 9.40. The van der Waals surface area contributed by atoms with Gasteiger partial charge in [-0.1, -0.05) is 0 Å². The lowest BCUT2D eigenvalue weighted by molar-refractivity contribution is 0.0137. The Morgan fingerprint density at radius 1 is 1.20 bits per heavy atom. The van der Waals surface area contributed by atoms with E-state index >= 15 is 0 Å². The van der Waals surface area contributed by atoms with E-state index in [0.29, 0.717) is 12.1 Å². The molecule has 1 amide bonds. The smallest absolute Gasteiger partial charge is 0.410 e. The number of ether oxygens (including phenoxy) is 1. The van der Waals surface area contributed by atoms with Crippen LogP contribution in [0.1, 0.15) is 46.5 Å². The Bertz CT molecular complexity index is 333. The molecule has 0 saturated carbocycles. The van der Waals surface area contributed by atoms with Crippen LogP contribution in [0.15, 0.2) is 0 Å². The Morgan fingerprint density at radius 3 is 2.40 bits per heavy atom. The van der Waals surface area contributed by atoms with Crippen LogP contribution in [0.3, 0.4) is 0 Å². The molecule has 0 aromatic carbocycles. The quantitative estimate of drug-likeness (QED) is 0.839. The highest BCUT2D eigenvalue weighted by Crippen LogP contribution is 2.26. The zero-order valence-corrected chi connectivity index (χ0v) is 13.1. The van der Waals surface area contributed by atoms with Crippen LogP contribution in [0.4, 0.5) is 4.79 Å². The van der Waals surface area contributed by atoms with E-state index in [1.54, 1.807) is 0 Å². The summed E-state index contributed by atoms with van der Waals surface area (Å²) >= 11 is 0. The van der Waals surface area contributed by atoms with Crippen molar-refractivity contribution in [1.82, 2.24) is 9.80 Å². The van der Waals surface area contributed by atoms with Crippen molar-refractivity contribution in [3.63, 3.8) is 0 Å². The molecular weight excluding hydrogens is 254 g/mol. The molecule has 116 valence electrons. The fraction of sp³-hybridized carbons (Fsp3) is 0.933. The zero-order chi connectivity index (χ0) is 14.8. The van der Waals surface area contributed by atoms with Gasteiger partial charge >= 0.3 is 6.09 Å². The molecule has 0 aliphatic carbocycles. The van der Waals surface area contributed by atoms with Gasteiger partial charge in [0.15, 0.2) is 0 Å². The van der Waals surface area contributed by atoms with Gasteiger partial charge < -0.3 is 15.4 Å². The Balaban J connectivity index is 1.82. The Hall–Kier alpha value is -0.810. The van der Waals surface area contributed by atoms with Crippen LogP contribution < -0.4 is 5.73 Å². The molecular formula is C15H29N3O2. The number of hydrogen-bond acceptors (Lipinski definition) is 4. The molecule has 2 rings (SSSR count). The Labute approximate surface area is 122 Å². The average Bonchev–Trinajstić information content (AvgIpc) is 2.85. The molecule has 2 N–H and O–H groups in total. The molecule has 0 bridgehead atoms. The Kier molecular flexibility index (Phi) is 4.91. The van der Waals surface area contributed by atoms with E-state index in [4.69, 9.17) is 10.5 Å². The van der Waals surface area contributed by atoms with Crippen LogP contribution in [-0.4, -0.2) is 59.8 Å². The molecule has 2 aliphatic rings. The number of carbonyl (C=O) groups excluding carboxylic acids is 1. The standard InChI is InChI=1S/C15H29N3O2/c1-15(2,3)20-14(19)17-9-6-12(7-10-17)18-8-4-5-13(18)11-16/h12-13H,4-11,16H2,1-3H3. The van der Waals surface area contributed by atoms with Crippen LogP contribution in [0.5, 0.6) is 0 Å². The fourth-order valence-corrected chi connectivity index (χ4v) is 3.30. The van der Waals surface area contributed by atoms with Crippen LogP contribution in [-0.2, 0) is 4.74 Å². The molecule has 2 aliphatic heterocycles. The minimum Gasteiger partial charge on any atom is -0.444 e. The first-order valence-corrected chi connectivity index (χ1v) is 7.84. The van der Waals surface area contributed by atoms with Crippen molar-refractivity contribution in [2.24, 2.45) is 5.73 Å². The number of piperidine rings is 1. The summed E-state index contributed by atoms with van der Waals surface area (Å²) in [5, 5.41) is 0. The predicted octanol–water partition coefficient (Wildman–Crippen LogP) is 1.81. The van der Waals surface area contributed by atoms with Crippen molar-refractivity contribution in [1.29, 1.82) is 0 Å². The zero-order valence-electron chi connectivity index (χ0n) is 13.1. The van der Waals surface area contributed by atoms with E-state index in [-0.39, 0.29) is 6.09 Å². The maximum atomic E-state index is 12.0. The van der Waals surface area contributed by atoms with Crippen molar-refractivity contribution in [2.45, 2.75) is 64.1 Å². The number of carbonyl (C=O) groups is 1. The molecule has 20 heavy (non-hydrogen) atoms. The fourth-order valence-electron chi connectivity index (χ4n) is 3.30. The second-order valence-electron chi connectivity index (χ2n) is 6.97. The highest BCUT2D eigenvalue weighted by atomic mass is 16.6. The monoisotopic (exact) mass is 283 g/mol. The first kappa shape index (κ1) is 15.6. The first-order valence-electron chi connectivity index (χ1n) is 7.84. The normalized spacial score (nSPS) is 26.0. The van der Waals surface area contributed by atoms with E-state index in [1.807, 2.05) is 25.7 Å². The molecule has 5 nitrogen and oxygen atoms in total. The van der Waals surface area contributed by atoms with Gasteiger partial charge in [0.25, 0.3) is 0 Å². The van der Waals surface area contributed by atoms with Crippen molar-refractivity contribution in [2.75, 3.05) is 26.2 Å². The number of amides is 1. The van der Waals surface area contributed by atoms with Crippen molar-refractivity contribution >= 4 is 6.09 Å². The van der Waals surface area contributed by atoms with E-state index < -0.39 is 5.60 Å². The van der Waals surface area contributed by atoms with Crippen molar-refractivity contribution < 1.29 is 9.53 Å². The lowest BCUT2D eigenvalue weighted by atomic mass is 10.0. The summed E-state index contributed by atoms with van der Waals surface area (Å²) in [5.41, 5.74) is 5.44.